The molecule has 1 saturated heterocycles. The molecule has 2 fully saturated rings. The van der Waals surface area contributed by atoms with Crippen molar-refractivity contribution < 1.29 is 14.7 Å². The third-order valence-corrected chi connectivity index (χ3v) is 7.71. The van der Waals surface area contributed by atoms with E-state index in [9.17, 15) is 14.7 Å². The fraction of sp³-hybridized carbons (Fsp3) is 0.483. The molecule has 11 heteroatoms. The van der Waals surface area contributed by atoms with Crippen LogP contribution in [0.3, 0.4) is 0 Å². The highest BCUT2D eigenvalue weighted by Crippen LogP contribution is 2.27. The fourth-order valence-corrected chi connectivity index (χ4v) is 5.49. The Morgan fingerprint density at radius 1 is 1.25 bits per heavy atom. The summed E-state index contributed by atoms with van der Waals surface area (Å²) in [5.74, 6) is 0.631. The number of rotatable bonds is 10. The maximum Gasteiger partial charge on any atom is 0.229 e. The molecule has 3 unspecified atom stereocenters. The quantitative estimate of drug-likeness (QED) is 0.190. The number of amides is 1. The molecule has 5 rings (SSSR count). The first-order valence-corrected chi connectivity index (χ1v) is 14.1. The van der Waals surface area contributed by atoms with Crippen LogP contribution in [0.25, 0.3) is 5.65 Å². The number of aliphatic hydroxyl groups is 1. The highest BCUT2D eigenvalue weighted by Gasteiger charge is 2.25. The van der Waals surface area contributed by atoms with E-state index in [0.29, 0.717) is 47.3 Å². The molecule has 3 heterocycles. The first kappa shape index (κ1) is 27.7. The van der Waals surface area contributed by atoms with Gasteiger partial charge < -0.3 is 26.4 Å². The van der Waals surface area contributed by atoms with Crippen LogP contribution in [0, 0.1) is 5.92 Å². The molecule has 1 aromatic carbocycles. The Hall–Kier alpha value is -3.83. The van der Waals surface area contributed by atoms with Gasteiger partial charge in [0.1, 0.15) is 0 Å². The van der Waals surface area contributed by atoms with Crippen molar-refractivity contribution in [2.45, 2.75) is 70.6 Å². The molecular formula is C29H38N8O3. The van der Waals surface area contributed by atoms with Gasteiger partial charge in [0.25, 0.3) is 0 Å². The second kappa shape index (κ2) is 12.1. The molecule has 2 aliphatic rings. The Bertz CT molecular complexity index is 1400. The van der Waals surface area contributed by atoms with E-state index in [1.54, 1.807) is 16.8 Å². The lowest BCUT2D eigenvalue weighted by atomic mass is 9.93. The molecule has 212 valence electrons. The van der Waals surface area contributed by atoms with E-state index in [4.69, 9.17) is 9.97 Å². The van der Waals surface area contributed by atoms with Gasteiger partial charge in [0.05, 0.1) is 29.5 Å². The van der Waals surface area contributed by atoms with Crippen molar-refractivity contribution in [1.82, 2.24) is 24.9 Å². The maximum atomic E-state index is 13.0. The summed E-state index contributed by atoms with van der Waals surface area (Å²) in [7, 11) is 0. The molecule has 0 spiro atoms. The Kier molecular flexibility index (Phi) is 8.41. The third kappa shape index (κ3) is 6.00. The standard InChI is InChI=1S/C29H38N8O3/c1-4-24(39)25-18(7-5-10-23(25)34-27(40)19-11-12-30-14-19)15-31-29-36-28(33-20-8-6-9-21(38)13-20)35-26-22(17(2)3)16-32-37(26)29/h4-5,7,10,16-17,19-21,30,38H,1,6,8-9,11-15H2,2-3H3,(H,34,40)(H2,31,33,35,36). The summed E-state index contributed by atoms with van der Waals surface area (Å²) < 4.78 is 1.67. The smallest absolute Gasteiger partial charge is 0.229 e. The Labute approximate surface area is 233 Å². The zero-order valence-corrected chi connectivity index (χ0v) is 23.1. The van der Waals surface area contributed by atoms with Gasteiger partial charge in [-0.25, -0.2) is 0 Å². The number of ketones is 1. The first-order valence-electron chi connectivity index (χ1n) is 14.1. The minimum absolute atomic E-state index is 0.0802. The van der Waals surface area contributed by atoms with Crippen molar-refractivity contribution in [3.05, 3.63) is 53.7 Å². The first-order chi connectivity index (χ1) is 19.3. The molecule has 1 aliphatic carbocycles. The second-order valence-corrected chi connectivity index (χ2v) is 11.0. The van der Waals surface area contributed by atoms with E-state index in [-0.39, 0.29) is 42.2 Å². The summed E-state index contributed by atoms with van der Waals surface area (Å²) in [6, 6.07) is 5.49. The molecule has 3 atom stereocenters. The predicted molar refractivity (Wildman–Crippen MR) is 155 cm³/mol. The van der Waals surface area contributed by atoms with Gasteiger partial charge in [-0.3, -0.25) is 9.59 Å². The molecule has 3 aromatic rings. The number of nitrogens with one attached hydrogen (secondary N) is 4. The van der Waals surface area contributed by atoms with Crippen LogP contribution >= 0.6 is 0 Å². The number of aliphatic hydroxyl groups excluding tert-OH is 1. The van der Waals surface area contributed by atoms with Crippen LogP contribution in [0.1, 0.15) is 73.4 Å². The van der Waals surface area contributed by atoms with Gasteiger partial charge in [-0.15, -0.1) is 0 Å². The van der Waals surface area contributed by atoms with Crippen molar-refractivity contribution in [1.29, 1.82) is 0 Å². The van der Waals surface area contributed by atoms with Crippen molar-refractivity contribution in [2.75, 3.05) is 29.0 Å². The number of fused-ring (bicyclic) bond motifs is 1. The van der Waals surface area contributed by atoms with Gasteiger partial charge in [0.15, 0.2) is 11.4 Å². The van der Waals surface area contributed by atoms with Crippen LogP contribution in [-0.4, -0.2) is 61.6 Å². The molecule has 0 radical (unpaired) electrons. The average molecular weight is 547 g/mol. The highest BCUT2D eigenvalue weighted by atomic mass is 16.3. The van der Waals surface area contributed by atoms with E-state index in [1.807, 2.05) is 12.1 Å². The molecular weight excluding hydrogens is 508 g/mol. The maximum absolute atomic E-state index is 13.0. The number of allylic oxidation sites excluding steroid dienone is 1. The van der Waals surface area contributed by atoms with Gasteiger partial charge in [-0.05, 0) is 62.3 Å². The van der Waals surface area contributed by atoms with E-state index < -0.39 is 0 Å². The highest BCUT2D eigenvalue weighted by molar-refractivity contribution is 6.11. The molecule has 40 heavy (non-hydrogen) atoms. The summed E-state index contributed by atoms with van der Waals surface area (Å²) in [5.41, 5.74) is 3.24. The van der Waals surface area contributed by atoms with Crippen LogP contribution in [0.2, 0.25) is 0 Å². The van der Waals surface area contributed by atoms with Crippen molar-refractivity contribution in [2.24, 2.45) is 5.92 Å². The normalized spacial score (nSPS) is 20.9. The van der Waals surface area contributed by atoms with Gasteiger partial charge >= 0.3 is 0 Å². The lowest BCUT2D eigenvalue weighted by molar-refractivity contribution is -0.119. The van der Waals surface area contributed by atoms with Crippen LogP contribution < -0.4 is 21.3 Å². The van der Waals surface area contributed by atoms with E-state index in [0.717, 1.165) is 37.8 Å². The van der Waals surface area contributed by atoms with E-state index in [2.05, 4.69) is 46.8 Å². The van der Waals surface area contributed by atoms with Crippen molar-refractivity contribution in [3.63, 3.8) is 0 Å². The topological polar surface area (TPSA) is 146 Å². The van der Waals surface area contributed by atoms with Crippen LogP contribution in [-0.2, 0) is 11.3 Å². The minimum atomic E-state index is -0.327. The number of carbonyl (C=O) groups is 2. The lowest BCUT2D eigenvalue weighted by Crippen LogP contribution is -2.30. The lowest BCUT2D eigenvalue weighted by Gasteiger charge is -2.26. The Morgan fingerprint density at radius 3 is 2.83 bits per heavy atom. The number of nitrogens with zero attached hydrogens (tertiary/aromatic N) is 4. The predicted octanol–water partition coefficient (Wildman–Crippen LogP) is 3.49. The Balaban J connectivity index is 1.44. The molecule has 5 N–H and O–H groups in total. The number of hydrogen-bond donors (Lipinski definition) is 5. The number of carbonyl (C=O) groups excluding carboxylic acids is 2. The van der Waals surface area contributed by atoms with Crippen molar-refractivity contribution >= 4 is 34.9 Å². The SMILES string of the molecule is C=CC(=O)c1c(CNc2nc(NC3CCCC(O)C3)nc3c(C(C)C)cnn23)cccc1NC(=O)C1CCNC1. The molecule has 11 nitrogen and oxygen atoms in total. The van der Waals surface area contributed by atoms with Crippen LogP contribution in [0.15, 0.2) is 37.1 Å². The third-order valence-electron chi connectivity index (χ3n) is 7.71. The van der Waals surface area contributed by atoms with E-state index >= 15 is 0 Å². The summed E-state index contributed by atoms with van der Waals surface area (Å²) in [5, 5.41) is 27.6. The molecule has 1 aliphatic heterocycles. The summed E-state index contributed by atoms with van der Waals surface area (Å²) in [6.45, 7) is 9.54. The van der Waals surface area contributed by atoms with Gasteiger partial charge in [0.2, 0.25) is 17.8 Å². The summed E-state index contributed by atoms with van der Waals surface area (Å²) in [6.07, 6.45) is 6.84. The van der Waals surface area contributed by atoms with Crippen LogP contribution in [0.5, 0.6) is 0 Å². The average Bonchev–Trinajstić information content (AvgIpc) is 3.62. The molecule has 1 amide bonds. The number of anilines is 3. The zero-order valence-electron chi connectivity index (χ0n) is 23.1. The van der Waals surface area contributed by atoms with Crippen molar-refractivity contribution in [3.8, 4) is 0 Å². The number of benzene rings is 1. The molecule has 0 bridgehead atoms. The zero-order chi connectivity index (χ0) is 28.2. The monoisotopic (exact) mass is 546 g/mol. The van der Waals surface area contributed by atoms with E-state index in [1.165, 1.54) is 6.08 Å². The number of hydrogen-bond acceptors (Lipinski definition) is 9. The van der Waals surface area contributed by atoms with Gasteiger partial charge in [-0.2, -0.15) is 19.6 Å². The number of aromatic nitrogens is 4. The van der Waals surface area contributed by atoms with Gasteiger partial charge in [0, 0.05) is 24.7 Å². The minimum Gasteiger partial charge on any atom is -0.393 e. The van der Waals surface area contributed by atoms with Crippen LogP contribution in [0.4, 0.5) is 17.6 Å². The molecule has 1 saturated carbocycles. The Morgan fingerprint density at radius 2 is 2.10 bits per heavy atom. The fourth-order valence-electron chi connectivity index (χ4n) is 5.49. The summed E-state index contributed by atoms with van der Waals surface area (Å²) >= 11 is 0. The van der Waals surface area contributed by atoms with Gasteiger partial charge in [-0.1, -0.05) is 32.6 Å². The largest absolute Gasteiger partial charge is 0.393 e. The molecule has 2 aromatic heterocycles. The second-order valence-electron chi connectivity index (χ2n) is 11.0. The summed E-state index contributed by atoms with van der Waals surface area (Å²) in [4.78, 5) is 35.3.